The van der Waals surface area contributed by atoms with E-state index < -0.39 is 6.26 Å². The van der Waals surface area contributed by atoms with E-state index in [1.54, 1.807) is 6.07 Å². The number of nitriles is 1. The Morgan fingerprint density at radius 1 is 2.00 bits per heavy atom. The number of rotatable bonds is 0. The molecular formula is C3H2NOPS. The van der Waals surface area contributed by atoms with Gasteiger partial charge in [-0.2, -0.15) is 5.26 Å². The molecule has 0 spiro atoms. The fraction of sp³-hybridized carbons (Fsp3) is 0. The molecule has 1 aliphatic rings. The Balaban J connectivity index is 2.80. The number of hydrogen-bond acceptors (Lipinski definition) is 2. The van der Waals surface area contributed by atoms with Crippen LogP contribution in [-0.2, 0) is 11.8 Å². The van der Waals surface area contributed by atoms with Crippen LogP contribution in [0.2, 0.25) is 0 Å². The first kappa shape index (κ1) is 4.99. The third-order valence-corrected chi connectivity index (χ3v) is 2.85. The van der Waals surface area contributed by atoms with Crippen LogP contribution in [0.3, 0.4) is 0 Å². The minimum absolute atomic E-state index is 0.405. The van der Waals surface area contributed by atoms with Gasteiger partial charge in [0.25, 0.3) is 0 Å². The van der Waals surface area contributed by atoms with E-state index in [1.165, 1.54) is 5.82 Å². The summed E-state index contributed by atoms with van der Waals surface area (Å²) in [6.07, 6.45) is -2.24. The van der Waals surface area contributed by atoms with E-state index in [-0.39, 0.29) is 0 Å². The van der Waals surface area contributed by atoms with Crippen molar-refractivity contribution in [2.75, 3.05) is 0 Å². The van der Waals surface area contributed by atoms with Gasteiger partial charge in [-0.1, -0.05) is 11.8 Å². The minimum Gasteiger partial charge on any atom is -0.358 e. The van der Waals surface area contributed by atoms with Gasteiger partial charge in [0.1, 0.15) is 12.3 Å². The van der Waals surface area contributed by atoms with Crippen molar-refractivity contribution in [3.63, 3.8) is 0 Å². The Bertz CT molecular complexity index is 213. The molecule has 2 nitrogen and oxygen atoms in total. The highest BCUT2D eigenvalue weighted by molar-refractivity contribution is 8.19. The highest BCUT2D eigenvalue weighted by Crippen LogP contribution is 2.66. The lowest BCUT2D eigenvalue weighted by Gasteiger charge is -1.79. The average Bonchev–Trinajstić information content (AvgIpc) is 2.13. The van der Waals surface area contributed by atoms with E-state index in [1.807, 2.05) is 0 Å². The molecule has 0 bridgehead atoms. The van der Waals surface area contributed by atoms with Crippen LogP contribution in [0.5, 0.6) is 0 Å². The molecule has 1 unspecified atom stereocenters. The SMILES string of the molecule is N#CC1=CP1(O)=S. The number of allylic oxidation sites excluding steroid dienone is 1. The zero-order valence-electron chi connectivity index (χ0n) is 3.33. The van der Waals surface area contributed by atoms with Crippen LogP contribution in [-0.4, -0.2) is 4.89 Å². The van der Waals surface area contributed by atoms with Gasteiger partial charge in [-0.25, -0.2) is 0 Å². The Morgan fingerprint density at radius 3 is 2.43 bits per heavy atom. The predicted octanol–water partition coefficient (Wildman–Crippen LogP) is 0.752. The first-order valence-corrected chi connectivity index (χ1v) is 4.45. The van der Waals surface area contributed by atoms with Gasteiger partial charge < -0.3 is 4.89 Å². The molecule has 1 aliphatic heterocycles. The second kappa shape index (κ2) is 1.16. The van der Waals surface area contributed by atoms with Crippen LogP contribution < -0.4 is 0 Å². The molecule has 0 radical (unpaired) electrons. The molecule has 0 aromatic heterocycles. The molecule has 0 saturated carbocycles. The normalized spacial score (nSPS) is 36.3. The van der Waals surface area contributed by atoms with Crippen molar-refractivity contribution < 1.29 is 4.89 Å². The molecule has 0 aliphatic carbocycles. The van der Waals surface area contributed by atoms with Gasteiger partial charge in [-0.05, 0) is 5.82 Å². The molecule has 4 heteroatoms. The molecule has 0 saturated heterocycles. The highest BCUT2D eigenvalue weighted by Gasteiger charge is 2.30. The van der Waals surface area contributed by atoms with Crippen molar-refractivity contribution in [1.82, 2.24) is 0 Å². The van der Waals surface area contributed by atoms with Crippen LogP contribution in [0.4, 0.5) is 0 Å². The van der Waals surface area contributed by atoms with Gasteiger partial charge in [0.05, 0.1) is 5.31 Å². The highest BCUT2D eigenvalue weighted by atomic mass is 32.4. The maximum Gasteiger partial charge on any atom is 0.125 e. The van der Waals surface area contributed by atoms with Gasteiger partial charge in [0.2, 0.25) is 0 Å². The van der Waals surface area contributed by atoms with E-state index in [4.69, 9.17) is 10.2 Å². The molecule has 0 aromatic rings. The Morgan fingerprint density at radius 2 is 2.43 bits per heavy atom. The lowest BCUT2D eigenvalue weighted by Crippen LogP contribution is -1.49. The first-order chi connectivity index (χ1) is 3.17. The van der Waals surface area contributed by atoms with Crippen LogP contribution in [0.25, 0.3) is 0 Å². The molecule has 1 N–H and O–H groups in total. The quantitative estimate of drug-likeness (QED) is 0.493. The fourth-order valence-electron chi connectivity index (χ4n) is 0.237. The Kier molecular flexibility index (Phi) is 0.829. The van der Waals surface area contributed by atoms with Gasteiger partial charge in [-0.15, -0.1) is 0 Å². The molecule has 1 rings (SSSR count). The van der Waals surface area contributed by atoms with E-state index >= 15 is 0 Å². The zero-order chi connectivity index (χ0) is 5.49. The second-order valence-electron chi connectivity index (χ2n) is 1.25. The smallest absolute Gasteiger partial charge is 0.125 e. The van der Waals surface area contributed by atoms with Crippen molar-refractivity contribution >= 4 is 18.1 Å². The summed E-state index contributed by atoms with van der Waals surface area (Å²) in [5.74, 6) is 1.45. The summed E-state index contributed by atoms with van der Waals surface area (Å²) in [7, 11) is 0. The van der Waals surface area contributed by atoms with Crippen LogP contribution >= 0.6 is 6.26 Å². The van der Waals surface area contributed by atoms with Gasteiger partial charge >= 0.3 is 0 Å². The summed E-state index contributed by atoms with van der Waals surface area (Å²) in [6.45, 7) is 0. The first-order valence-electron chi connectivity index (χ1n) is 1.63. The summed E-state index contributed by atoms with van der Waals surface area (Å²) in [6, 6.07) is 1.79. The molecule has 0 fully saturated rings. The molecule has 1 atom stereocenters. The summed E-state index contributed by atoms with van der Waals surface area (Å²) in [4.78, 5) is 8.70. The van der Waals surface area contributed by atoms with E-state index in [2.05, 4.69) is 11.8 Å². The molecule has 36 valence electrons. The topological polar surface area (TPSA) is 44.0 Å². The largest absolute Gasteiger partial charge is 0.358 e. The van der Waals surface area contributed by atoms with Crippen LogP contribution in [0, 0.1) is 11.3 Å². The van der Waals surface area contributed by atoms with E-state index in [0.29, 0.717) is 5.31 Å². The maximum absolute atomic E-state index is 8.70. The fourth-order valence-corrected chi connectivity index (χ4v) is 1.71. The molecule has 0 aromatic carbocycles. The van der Waals surface area contributed by atoms with Gasteiger partial charge in [0, 0.05) is 0 Å². The summed E-state index contributed by atoms with van der Waals surface area (Å²) in [5, 5.41) is 8.43. The lowest BCUT2D eigenvalue weighted by molar-refractivity contribution is 0.646. The molecule has 1 heterocycles. The Labute approximate surface area is 46.2 Å². The van der Waals surface area contributed by atoms with Crippen LogP contribution in [0.1, 0.15) is 0 Å². The van der Waals surface area contributed by atoms with Crippen molar-refractivity contribution in [1.29, 1.82) is 5.26 Å². The number of hydrogen-bond donors (Lipinski definition) is 1. The van der Waals surface area contributed by atoms with Crippen molar-refractivity contribution in [3.05, 3.63) is 11.1 Å². The summed E-state index contributed by atoms with van der Waals surface area (Å²) < 4.78 is 0. The van der Waals surface area contributed by atoms with Crippen LogP contribution in [0.15, 0.2) is 11.1 Å². The zero-order valence-corrected chi connectivity index (χ0v) is 5.04. The molecule has 7 heavy (non-hydrogen) atoms. The van der Waals surface area contributed by atoms with Gasteiger partial charge in [-0.3, -0.25) is 0 Å². The van der Waals surface area contributed by atoms with E-state index in [0.717, 1.165) is 0 Å². The minimum atomic E-state index is -2.24. The lowest BCUT2D eigenvalue weighted by atomic mass is 10.7. The monoisotopic (exact) mass is 131 g/mol. The molecule has 0 amide bonds. The second-order valence-corrected chi connectivity index (χ2v) is 4.90. The van der Waals surface area contributed by atoms with E-state index in [9.17, 15) is 0 Å². The third-order valence-electron chi connectivity index (χ3n) is 0.689. The van der Waals surface area contributed by atoms with Gasteiger partial charge in [0.15, 0.2) is 0 Å². The summed E-state index contributed by atoms with van der Waals surface area (Å²) in [5.41, 5.74) is 0. The third kappa shape index (κ3) is 0.733. The average molecular weight is 131 g/mol. The maximum atomic E-state index is 8.70. The summed E-state index contributed by atoms with van der Waals surface area (Å²) >= 11 is 4.51. The molecular weight excluding hydrogens is 129 g/mol. The van der Waals surface area contributed by atoms with Crippen molar-refractivity contribution in [3.8, 4) is 6.07 Å². The predicted molar refractivity (Wildman–Crippen MR) is 30.2 cm³/mol. The standard InChI is InChI=1S/C3H2NOPS/c4-1-3-2-6(3,5)7/h2H,(H,5,7). The van der Waals surface area contributed by atoms with Crippen molar-refractivity contribution in [2.45, 2.75) is 0 Å². The van der Waals surface area contributed by atoms with Crippen molar-refractivity contribution in [2.24, 2.45) is 0 Å². The Hall–Kier alpha value is -0.160. The number of nitrogens with zero attached hydrogens (tertiary/aromatic N) is 1.